The molecular weight excluding hydrogens is 257 g/mol. The van der Waals surface area contributed by atoms with Gasteiger partial charge in [0.25, 0.3) is 5.91 Å². The van der Waals surface area contributed by atoms with Gasteiger partial charge in [-0.1, -0.05) is 0 Å². The fourth-order valence-electron chi connectivity index (χ4n) is 1.78. The van der Waals surface area contributed by atoms with E-state index in [1.165, 1.54) is 17.0 Å². The van der Waals surface area contributed by atoms with E-state index < -0.39 is 0 Å². The van der Waals surface area contributed by atoms with Crippen molar-refractivity contribution in [1.82, 2.24) is 4.90 Å². The lowest BCUT2D eigenvalue weighted by Crippen LogP contribution is -2.22. The number of hydrogen-bond donors (Lipinski definition) is 2. The lowest BCUT2D eigenvalue weighted by Gasteiger charge is -2.16. The minimum atomic E-state index is -0.312. The Balaban J connectivity index is 2.37. The zero-order valence-electron chi connectivity index (χ0n) is 11.4. The Bertz CT molecular complexity index is 624. The van der Waals surface area contributed by atoms with Crippen LogP contribution in [0.2, 0.25) is 0 Å². The van der Waals surface area contributed by atoms with Gasteiger partial charge in [-0.2, -0.15) is 0 Å². The maximum absolute atomic E-state index is 12.9. The number of anilines is 3. The zero-order chi connectivity index (χ0) is 14.7. The van der Waals surface area contributed by atoms with E-state index >= 15 is 0 Å². The van der Waals surface area contributed by atoms with Crippen molar-refractivity contribution in [2.75, 3.05) is 25.1 Å². The zero-order valence-corrected chi connectivity index (χ0v) is 11.4. The molecule has 4 nitrogen and oxygen atoms in total. The largest absolute Gasteiger partial charge is 0.399 e. The van der Waals surface area contributed by atoms with Gasteiger partial charge < -0.3 is 16.0 Å². The third kappa shape index (κ3) is 3.06. The Hall–Kier alpha value is -2.56. The lowest BCUT2D eigenvalue weighted by molar-refractivity contribution is 0.0828. The van der Waals surface area contributed by atoms with Gasteiger partial charge >= 0.3 is 0 Å². The van der Waals surface area contributed by atoms with Crippen LogP contribution in [0.1, 0.15) is 10.4 Å². The summed E-state index contributed by atoms with van der Waals surface area (Å²) in [6, 6.07) is 10.9. The Morgan fingerprint density at radius 1 is 1.15 bits per heavy atom. The summed E-state index contributed by atoms with van der Waals surface area (Å²) in [5.41, 5.74) is 8.09. The van der Waals surface area contributed by atoms with Gasteiger partial charge in [-0.25, -0.2) is 4.39 Å². The van der Waals surface area contributed by atoms with Crippen molar-refractivity contribution < 1.29 is 9.18 Å². The van der Waals surface area contributed by atoms with Crippen LogP contribution in [0.25, 0.3) is 0 Å². The third-order valence-corrected chi connectivity index (χ3v) is 2.80. The van der Waals surface area contributed by atoms with Crippen LogP contribution in [0.4, 0.5) is 21.5 Å². The molecule has 0 atom stereocenters. The molecule has 0 aliphatic carbocycles. The number of rotatable bonds is 3. The third-order valence-electron chi connectivity index (χ3n) is 2.80. The summed E-state index contributed by atoms with van der Waals surface area (Å²) < 4.78 is 12.9. The highest BCUT2D eigenvalue weighted by Crippen LogP contribution is 2.24. The fraction of sp³-hybridized carbons (Fsp3) is 0.133. The molecular formula is C15H16FN3O. The van der Waals surface area contributed by atoms with Gasteiger partial charge in [0.15, 0.2) is 0 Å². The first kappa shape index (κ1) is 13.9. The van der Waals surface area contributed by atoms with E-state index in [-0.39, 0.29) is 11.7 Å². The molecule has 20 heavy (non-hydrogen) atoms. The average Bonchev–Trinajstić information content (AvgIpc) is 2.41. The smallest absolute Gasteiger partial charge is 0.255 e. The molecule has 0 bridgehead atoms. The molecule has 0 aliphatic rings. The molecule has 0 saturated heterocycles. The average molecular weight is 273 g/mol. The summed E-state index contributed by atoms with van der Waals surface area (Å²) >= 11 is 0. The molecule has 3 N–H and O–H groups in total. The molecule has 104 valence electrons. The van der Waals surface area contributed by atoms with Gasteiger partial charge in [0.05, 0.1) is 11.3 Å². The van der Waals surface area contributed by atoms with E-state index in [0.29, 0.717) is 22.6 Å². The van der Waals surface area contributed by atoms with Crippen molar-refractivity contribution >= 4 is 23.0 Å². The summed E-state index contributed by atoms with van der Waals surface area (Å²) in [5, 5.41) is 3.08. The van der Waals surface area contributed by atoms with Crippen molar-refractivity contribution in [3.8, 4) is 0 Å². The predicted octanol–water partition coefficient (Wildman–Crippen LogP) is 2.85. The number of hydrogen-bond acceptors (Lipinski definition) is 3. The monoisotopic (exact) mass is 273 g/mol. The maximum atomic E-state index is 12.9. The molecule has 0 radical (unpaired) electrons. The predicted molar refractivity (Wildman–Crippen MR) is 78.6 cm³/mol. The van der Waals surface area contributed by atoms with Crippen LogP contribution in [0, 0.1) is 5.82 Å². The first-order chi connectivity index (χ1) is 9.47. The minimum Gasteiger partial charge on any atom is -0.399 e. The molecule has 5 heteroatoms. The molecule has 2 aromatic rings. The second kappa shape index (κ2) is 5.61. The van der Waals surface area contributed by atoms with Crippen LogP contribution in [0.3, 0.4) is 0 Å². The Kier molecular flexibility index (Phi) is 3.89. The van der Waals surface area contributed by atoms with Crippen LogP contribution >= 0.6 is 0 Å². The Morgan fingerprint density at radius 2 is 1.80 bits per heavy atom. The van der Waals surface area contributed by atoms with Crippen molar-refractivity contribution in [3.05, 3.63) is 53.8 Å². The standard InChI is InChI=1S/C15H16FN3O/c1-19(2)15(20)13-8-5-11(17)9-14(13)18-12-6-3-10(16)4-7-12/h3-9,18H,17H2,1-2H3. The molecule has 0 aliphatic heterocycles. The van der Waals surface area contributed by atoms with Crippen LogP contribution in [-0.4, -0.2) is 24.9 Å². The van der Waals surface area contributed by atoms with Crippen LogP contribution < -0.4 is 11.1 Å². The number of halogens is 1. The van der Waals surface area contributed by atoms with Crippen LogP contribution in [0.5, 0.6) is 0 Å². The molecule has 0 saturated carbocycles. The maximum Gasteiger partial charge on any atom is 0.255 e. The summed E-state index contributed by atoms with van der Waals surface area (Å²) in [7, 11) is 3.36. The first-order valence-electron chi connectivity index (χ1n) is 6.11. The van der Waals surface area contributed by atoms with Gasteiger partial charge in [0.1, 0.15) is 5.82 Å². The summed E-state index contributed by atoms with van der Waals surface area (Å²) in [5.74, 6) is -0.442. The number of carbonyl (C=O) groups is 1. The highest BCUT2D eigenvalue weighted by atomic mass is 19.1. The molecule has 0 fully saturated rings. The number of carbonyl (C=O) groups excluding carboxylic acids is 1. The number of benzene rings is 2. The molecule has 2 rings (SSSR count). The quantitative estimate of drug-likeness (QED) is 0.845. The van der Waals surface area contributed by atoms with Crippen molar-refractivity contribution in [1.29, 1.82) is 0 Å². The first-order valence-corrected chi connectivity index (χ1v) is 6.11. The second-order valence-electron chi connectivity index (χ2n) is 4.64. The molecule has 1 amide bonds. The molecule has 0 spiro atoms. The van der Waals surface area contributed by atoms with E-state index in [4.69, 9.17) is 5.73 Å². The van der Waals surface area contributed by atoms with Gasteiger partial charge in [0, 0.05) is 25.5 Å². The molecule has 0 aromatic heterocycles. The SMILES string of the molecule is CN(C)C(=O)c1ccc(N)cc1Nc1ccc(F)cc1. The Labute approximate surface area is 117 Å². The molecule has 0 unspecified atom stereocenters. The van der Waals surface area contributed by atoms with Crippen LogP contribution in [-0.2, 0) is 0 Å². The number of nitrogens with two attached hydrogens (primary N) is 1. The van der Waals surface area contributed by atoms with Crippen molar-refractivity contribution in [3.63, 3.8) is 0 Å². The van der Waals surface area contributed by atoms with Gasteiger partial charge in [-0.15, -0.1) is 0 Å². The van der Waals surface area contributed by atoms with Gasteiger partial charge in [0.2, 0.25) is 0 Å². The summed E-state index contributed by atoms with van der Waals surface area (Å²) in [4.78, 5) is 13.6. The number of nitrogens with zero attached hydrogens (tertiary/aromatic N) is 1. The van der Waals surface area contributed by atoms with E-state index in [9.17, 15) is 9.18 Å². The van der Waals surface area contributed by atoms with Crippen LogP contribution in [0.15, 0.2) is 42.5 Å². The molecule has 0 heterocycles. The van der Waals surface area contributed by atoms with Crippen molar-refractivity contribution in [2.45, 2.75) is 0 Å². The van der Waals surface area contributed by atoms with Gasteiger partial charge in [-0.05, 0) is 42.5 Å². The fourth-order valence-corrected chi connectivity index (χ4v) is 1.78. The van der Waals surface area contributed by atoms with E-state index in [1.54, 1.807) is 44.4 Å². The number of nitrogens with one attached hydrogen (secondary N) is 1. The number of nitrogen functional groups attached to an aromatic ring is 1. The summed E-state index contributed by atoms with van der Waals surface area (Å²) in [6.07, 6.45) is 0. The normalized spacial score (nSPS) is 10.2. The Morgan fingerprint density at radius 3 is 2.40 bits per heavy atom. The highest BCUT2D eigenvalue weighted by molar-refractivity contribution is 6.00. The van der Waals surface area contributed by atoms with Gasteiger partial charge in [-0.3, -0.25) is 4.79 Å². The van der Waals surface area contributed by atoms with E-state index in [0.717, 1.165) is 0 Å². The second-order valence-corrected chi connectivity index (χ2v) is 4.64. The topological polar surface area (TPSA) is 58.4 Å². The molecule has 2 aromatic carbocycles. The van der Waals surface area contributed by atoms with E-state index in [1.807, 2.05) is 0 Å². The number of amides is 1. The van der Waals surface area contributed by atoms with E-state index in [2.05, 4.69) is 5.32 Å². The summed E-state index contributed by atoms with van der Waals surface area (Å²) in [6.45, 7) is 0. The minimum absolute atomic E-state index is 0.130. The lowest BCUT2D eigenvalue weighted by atomic mass is 10.1. The van der Waals surface area contributed by atoms with Crippen molar-refractivity contribution in [2.24, 2.45) is 0 Å². The highest BCUT2D eigenvalue weighted by Gasteiger charge is 2.13.